The van der Waals surface area contributed by atoms with Crippen molar-refractivity contribution in [3.8, 4) is 0 Å². The van der Waals surface area contributed by atoms with Gasteiger partial charge >= 0.3 is 0 Å². The average molecular weight is 285 g/mol. The van der Waals surface area contributed by atoms with Crippen LogP contribution in [-0.4, -0.2) is 35.2 Å². The zero-order chi connectivity index (χ0) is 13.7. The predicted molar refractivity (Wildman–Crippen MR) is 72.0 cm³/mol. The SMILES string of the molecule is CSc1nc(C)cc(N2CCC3(CC2)CC3(F)F)n1. The highest BCUT2D eigenvalue weighted by Gasteiger charge is 2.70. The zero-order valence-electron chi connectivity index (χ0n) is 11.1. The van der Waals surface area contributed by atoms with Crippen molar-refractivity contribution in [3.63, 3.8) is 0 Å². The fourth-order valence-electron chi connectivity index (χ4n) is 2.87. The van der Waals surface area contributed by atoms with E-state index >= 15 is 0 Å². The number of anilines is 1. The highest BCUT2D eigenvalue weighted by Crippen LogP contribution is 2.65. The molecule has 1 saturated heterocycles. The van der Waals surface area contributed by atoms with Crippen LogP contribution in [0.4, 0.5) is 14.6 Å². The molecule has 0 unspecified atom stereocenters. The molecule has 3 rings (SSSR count). The lowest BCUT2D eigenvalue weighted by atomic mass is 9.93. The maximum absolute atomic E-state index is 13.3. The van der Waals surface area contributed by atoms with E-state index in [0.717, 1.165) is 16.7 Å². The van der Waals surface area contributed by atoms with Crippen LogP contribution in [0, 0.1) is 12.3 Å². The maximum atomic E-state index is 13.3. The van der Waals surface area contributed by atoms with Crippen LogP contribution in [0.15, 0.2) is 11.2 Å². The van der Waals surface area contributed by atoms with Gasteiger partial charge in [0.25, 0.3) is 5.92 Å². The highest BCUT2D eigenvalue weighted by atomic mass is 32.2. The minimum atomic E-state index is -2.43. The van der Waals surface area contributed by atoms with E-state index in [1.54, 1.807) is 0 Å². The molecule has 1 aromatic rings. The van der Waals surface area contributed by atoms with Crippen molar-refractivity contribution >= 4 is 17.6 Å². The number of thioether (sulfide) groups is 1. The number of aryl methyl sites for hydroxylation is 1. The van der Waals surface area contributed by atoms with Crippen LogP contribution < -0.4 is 4.90 Å². The second kappa shape index (κ2) is 4.30. The van der Waals surface area contributed by atoms with Gasteiger partial charge in [0.15, 0.2) is 5.16 Å². The van der Waals surface area contributed by atoms with Gasteiger partial charge in [-0.3, -0.25) is 0 Å². The summed E-state index contributed by atoms with van der Waals surface area (Å²) in [5.41, 5.74) is 0.222. The Balaban J connectivity index is 1.73. The predicted octanol–water partition coefficient (Wildman–Crippen LogP) is 3.13. The Kier molecular flexibility index (Phi) is 2.96. The molecule has 3 nitrogen and oxygen atoms in total. The minimum absolute atomic E-state index is 0.0761. The Morgan fingerprint density at radius 3 is 2.42 bits per heavy atom. The summed E-state index contributed by atoms with van der Waals surface area (Å²) in [5, 5.41) is 0.743. The van der Waals surface area contributed by atoms with Gasteiger partial charge in [-0.1, -0.05) is 11.8 Å². The number of rotatable bonds is 2. The molecule has 0 amide bonds. The number of hydrogen-bond acceptors (Lipinski definition) is 4. The molecule has 2 heterocycles. The maximum Gasteiger partial charge on any atom is 0.254 e. The summed E-state index contributed by atoms with van der Waals surface area (Å²) >= 11 is 1.50. The molecule has 2 aliphatic rings. The van der Waals surface area contributed by atoms with E-state index in [0.29, 0.717) is 25.9 Å². The summed E-state index contributed by atoms with van der Waals surface area (Å²) in [5.74, 6) is -1.55. The molecule has 0 N–H and O–H groups in total. The van der Waals surface area contributed by atoms with Gasteiger partial charge in [0.05, 0.1) is 0 Å². The number of halogens is 2. The molecular weight excluding hydrogens is 268 g/mol. The normalized spacial score (nSPS) is 23.7. The van der Waals surface area contributed by atoms with E-state index in [-0.39, 0.29) is 6.42 Å². The van der Waals surface area contributed by atoms with Crippen molar-refractivity contribution in [2.75, 3.05) is 24.2 Å². The summed E-state index contributed by atoms with van der Waals surface area (Å²) in [6.45, 7) is 3.27. The van der Waals surface area contributed by atoms with Gasteiger partial charge in [0, 0.05) is 36.7 Å². The molecule has 0 bridgehead atoms. The van der Waals surface area contributed by atoms with Crippen LogP contribution in [0.25, 0.3) is 0 Å². The third-order valence-corrected chi connectivity index (χ3v) is 4.81. The lowest BCUT2D eigenvalue weighted by Gasteiger charge is -2.33. The first-order valence-corrected chi connectivity index (χ1v) is 7.71. The van der Waals surface area contributed by atoms with Crippen LogP contribution >= 0.6 is 11.8 Å². The van der Waals surface area contributed by atoms with E-state index in [4.69, 9.17) is 0 Å². The molecule has 104 valence electrons. The monoisotopic (exact) mass is 285 g/mol. The summed E-state index contributed by atoms with van der Waals surface area (Å²) < 4.78 is 26.7. The van der Waals surface area contributed by atoms with Gasteiger partial charge in [0.2, 0.25) is 0 Å². The quantitative estimate of drug-likeness (QED) is 0.616. The number of hydrogen-bond donors (Lipinski definition) is 0. The van der Waals surface area contributed by atoms with E-state index in [1.165, 1.54) is 11.8 Å². The second-order valence-electron chi connectivity index (χ2n) is 5.50. The number of alkyl halides is 2. The summed E-state index contributed by atoms with van der Waals surface area (Å²) in [4.78, 5) is 10.9. The first kappa shape index (κ1) is 13.1. The molecule has 0 radical (unpaired) electrons. The molecule has 1 aromatic heterocycles. The second-order valence-corrected chi connectivity index (χ2v) is 6.28. The molecule has 1 spiro atoms. The van der Waals surface area contributed by atoms with Crippen LogP contribution in [0.1, 0.15) is 25.0 Å². The third kappa shape index (κ3) is 2.20. The third-order valence-electron chi connectivity index (χ3n) is 4.26. The van der Waals surface area contributed by atoms with Gasteiger partial charge < -0.3 is 4.90 Å². The zero-order valence-corrected chi connectivity index (χ0v) is 11.9. The Labute approximate surface area is 115 Å². The van der Waals surface area contributed by atoms with E-state index < -0.39 is 11.3 Å². The van der Waals surface area contributed by atoms with Crippen molar-refractivity contribution in [3.05, 3.63) is 11.8 Å². The molecule has 1 aliphatic heterocycles. The standard InChI is InChI=1S/C13H17F2N3S/c1-9-7-10(17-11(16-9)19-2)18-5-3-12(4-6-18)8-13(12,14)15/h7H,3-6,8H2,1-2H3. The molecular formula is C13H17F2N3S. The Morgan fingerprint density at radius 1 is 1.26 bits per heavy atom. The molecule has 1 aliphatic carbocycles. The van der Waals surface area contributed by atoms with Crippen molar-refractivity contribution in [1.29, 1.82) is 0 Å². The largest absolute Gasteiger partial charge is 0.356 e. The molecule has 2 fully saturated rings. The summed E-state index contributed by atoms with van der Waals surface area (Å²) in [6.07, 6.45) is 3.15. The van der Waals surface area contributed by atoms with Crippen molar-refractivity contribution < 1.29 is 8.78 Å². The molecule has 0 aromatic carbocycles. The van der Waals surface area contributed by atoms with Crippen LogP contribution in [0.5, 0.6) is 0 Å². The fourth-order valence-corrected chi connectivity index (χ4v) is 3.29. The molecule has 6 heteroatoms. The summed E-state index contributed by atoms with van der Waals surface area (Å²) in [7, 11) is 0. The smallest absolute Gasteiger partial charge is 0.254 e. The van der Waals surface area contributed by atoms with Crippen molar-refractivity contribution in [1.82, 2.24) is 9.97 Å². The first-order valence-electron chi connectivity index (χ1n) is 6.48. The lowest BCUT2D eigenvalue weighted by Crippen LogP contribution is -2.37. The first-order chi connectivity index (χ1) is 8.96. The van der Waals surface area contributed by atoms with Crippen molar-refractivity contribution in [2.24, 2.45) is 5.41 Å². The van der Waals surface area contributed by atoms with Crippen molar-refractivity contribution in [2.45, 2.75) is 37.3 Å². The van der Waals surface area contributed by atoms with Gasteiger partial charge in [0.1, 0.15) is 5.82 Å². The number of piperidine rings is 1. The fraction of sp³-hybridized carbons (Fsp3) is 0.692. The molecule has 1 saturated carbocycles. The number of aromatic nitrogens is 2. The van der Waals surface area contributed by atoms with E-state index in [1.807, 2.05) is 19.2 Å². The Bertz CT molecular complexity index is 499. The highest BCUT2D eigenvalue weighted by molar-refractivity contribution is 7.98. The van der Waals surface area contributed by atoms with Crippen LogP contribution in [-0.2, 0) is 0 Å². The van der Waals surface area contributed by atoms with Gasteiger partial charge in [-0.2, -0.15) is 0 Å². The molecule has 19 heavy (non-hydrogen) atoms. The van der Waals surface area contributed by atoms with E-state index in [9.17, 15) is 8.78 Å². The van der Waals surface area contributed by atoms with Gasteiger partial charge in [-0.05, 0) is 26.0 Å². The van der Waals surface area contributed by atoms with Crippen LogP contribution in [0.3, 0.4) is 0 Å². The lowest BCUT2D eigenvalue weighted by molar-refractivity contribution is 0.0536. The Hall–Kier alpha value is -0.910. The average Bonchev–Trinajstić information content (AvgIpc) is 2.90. The summed E-state index contributed by atoms with van der Waals surface area (Å²) in [6, 6.07) is 1.93. The van der Waals surface area contributed by atoms with Gasteiger partial charge in [-0.25, -0.2) is 18.7 Å². The van der Waals surface area contributed by atoms with Crippen LogP contribution in [0.2, 0.25) is 0 Å². The number of nitrogens with zero attached hydrogens (tertiary/aromatic N) is 3. The molecule has 0 atom stereocenters. The topological polar surface area (TPSA) is 29.0 Å². The van der Waals surface area contributed by atoms with Gasteiger partial charge in [-0.15, -0.1) is 0 Å². The Morgan fingerprint density at radius 2 is 1.89 bits per heavy atom. The van der Waals surface area contributed by atoms with E-state index in [2.05, 4.69) is 14.9 Å². The minimum Gasteiger partial charge on any atom is -0.356 e.